The molecule has 0 saturated carbocycles. The van der Waals surface area contributed by atoms with Crippen LogP contribution in [0.15, 0.2) is 36.4 Å². The predicted molar refractivity (Wildman–Crippen MR) is 99.2 cm³/mol. The summed E-state index contributed by atoms with van der Waals surface area (Å²) in [5.74, 6) is 0.478. The first-order valence-electron chi connectivity index (χ1n) is 8.52. The number of aldehydes is 1. The van der Waals surface area contributed by atoms with Crippen molar-refractivity contribution in [3.8, 4) is 5.75 Å². The molecule has 0 aliphatic rings. The third-order valence-electron chi connectivity index (χ3n) is 4.23. The average molecular weight is 339 g/mol. The molecule has 0 saturated heterocycles. The largest absolute Gasteiger partial charge is 0.483 e. The zero-order valence-corrected chi connectivity index (χ0v) is 15.3. The monoisotopic (exact) mass is 339 g/mol. The topological polar surface area (TPSA) is 55.4 Å². The molecule has 0 aliphatic carbocycles. The molecule has 2 aromatic rings. The second kappa shape index (κ2) is 8.47. The maximum absolute atomic E-state index is 12.2. The van der Waals surface area contributed by atoms with E-state index in [0.717, 1.165) is 29.4 Å². The van der Waals surface area contributed by atoms with Gasteiger partial charge in [-0.05, 0) is 61.6 Å². The molecule has 1 N–H and O–H groups in total. The molecule has 2 aromatic carbocycles. The van der Waals surface area contributed by atoms with E-state index in [2.05, 4.69) is 24.4 Å². The van der Waals surface area contributed by atoms with Crippen LogP contribution in [-0.2, 0) is 11.2 Å². The molecule has 0 aliphatic heterocycles. The Morgan fingerprint density at radius 2 is 1.76 bits per heavy atom. The van der Waals surface area contributed by atoms with E-state index in [1.807, 2.05) is 32.9 Å². The first kappa shape index (κ1) is 18.7. The molecule has 0 bridgehead atoms. The highest BCUT2D eigenvalue weighted by molar-refractivity contribution is 5.79. The molecule has 0 fully saturated rings. The molecule has 1 amide bonds. The van der Waals surface area contributed by atoms with Crippen LogP contribution < -0.4 is 10.1 Å². The van der Waals surface area contributed by atoms with Crippen LogP contribution in [0, 0.1) is 13.8 Å². The number of amides is 1. The van der Waals surface area contributed by atoms with Gasteiger partial charge in [-0.1, -0.05) is 31.2 Å². The Bertz CT molecular complexity index is 727. The summed E-state index contributed by atoms with van der Waals surface area (Å²) in [6, 6.07) is 11.7. The molecule has 132 valence electrons. The van der Waals surface area contributed by atoms with Gasteiger partial charge in [0, 0.05) is 5.56 Å². The Balaban J connectivity index is 1.95. The normalized spacial score (nSPS) is 11.7. The van der Waals surface area contributed by atoms with Gasteiger partial charge in [0.2, 0.25) is 0 Å². The van der Waals surface area contributed by atoms with E-state index in [9.17, 15) is 9.59 Å². The first-order chi connectivity index (χ1) is 11.9. The zero-order valence-electron chi connectivity index (χ0n) is 15.3. The lowest BCUT2D eigenvalue weighted by Gasteiger charge is -2.16. The maximum atomic E-state index is 12.2. The summed E-state index contributed by atoms with van der Waals surface area (Å²) >= 11 is 0. The molecule has 2 rings (SSSR count). The molecule has 0 unspecified atom stereocenters. The minimum absolute atomic E-state index is 0.0561. The fourth-order valence-electron chi connectivity index (χ4n) is 2.83. The molecule has 0 aromatic heterocycles. The lowest BCUT2D eigenvalue weighted by atomic mass is 10.1. The summed E-state index contributed by atoms with van der Waals surface area (Å²) in [4.78, 5) is 23.1. The van der Waals surface area contributed by atoms with Crippen molar-refractivity contribution in [2.75, 3.05) is 6.61 Å². The molecular weight excluding hydrogens is 314 g/mol. The number of benzene rings is 2. The number of rotatable bonds is 7. The molecule has 0 spiro atoms. The Morgan fingerprint density at radius 3 is 2.28 bits per heavy atom. The van der Waals surface area contributed by atoms with E-state index in [-0.39, 0.29) is 18.6 Å². The van der Waals surface area contributed by atoms with E-state index in [1.165, 1.54) is 5.56 Å². The highest BCUT2D eigenvalue weighted by Gasteiger charge is 2.12. The molecule has 4 heteroatoms. The van der Waals surface area contributed by atoms with E-state index < -0.39 is 0 Å². The number of carbonyl (C=O) groups is 2. The van der Waals surface area contributed by atoms with Gasteiger partial charge < -0.3 is 10.1 Å². The number of aryl methyl sites for hydroxylation is 3. The van der Waals surface area contributed by atoms with Crippen molar-refractivity contribution in [1.82, 2.24) is 5.32 Å². The molecule has 4 nitrogen and oxygen atoms in total. The molecular formula is C21H25NO3. The minimum Gasteiger partial charge on any atom is -0.483 e. The van der Waals surface area contributed by atoms with E-state index in [4.69, 9.17) is 4.74 Å². The van der Waals surface area contributed by atoms with Crippen molar-refractivity contribution in [1.29, 1.82) is 0 Å². The van der Waals surface area contributed by atoms with Gasteiger partial charge in [0.25, 0.3) is 5.91 Å². The van der Waals surface area contributed by atoms with Gasteiger partial charge in [0.1, 0.15) is 12.0 Å². The van der Waals surface area contributed by atoms with Crippen LogP contribution >= 0.6 is 0 Å². The Labute approximate surface area is 149 Å². The van der Waals surface area contributed by atoms with Crippen molar-refractivity contribution in [3.05, 3.63) is 64.2 Å². The summed E-state index contributed by atoms with van der Waals surface area (Å²) in [7, 11) is 0. The van der Waals surface area contributed by atoms with Crippen LogP contribution in [0.3, 0.4) is 0 Å². The van der Waals surface area contributed by atoms with Gasteiger partial charge in [-0.2, -0.15) is 0 Å². The highest BCUT2D eigenvalue weighted by atomic mass is 16.5. The van der Waals surface area contributed by atoms with Crippen LogP contribution in [0.5, 0.6) is 5.75 Å². The maximum Gasteiger partial charge on any atom is 0.258 e. The van der Waals surface area contributed by atoms with Crippen LogP contribution in [-0.4, -0.2) is 18.8 Å². The van der Waals surface area contributed by atoms with Gasteiger partial charge in [-0.25, -0.2) is 0 Å². The van der Waals surface area contributed by atoms with Crippen LogP contribution in [0.4, 0.5) is 0 Å². The summed E-state index contributed by atoms with van der Waals surface area (Å²) in [5, 5.41) is 2.95. The van der Waals surface area contributed by atoms with Crippen molar-refractivity contribution in [2.45, 2.75) is 40.2 Å². The molecule has 0 heterocycles. The van der Waals surface area contributed by atoms with Crippen LogP contribution in [0.2, 0.25) is 0 Å². The third kappa shape index (κ3) is 4.92. The van der Waals surface area contributed by atoms with E-state index >= 15 is 0 Å². The van der Waals surface area contributed by atoms with E-state index in [0.29, 0.717) is 11.3 Å². The van der Waals surface area contributed by atoms with Gasteiger partial charge in [0.05, 0.1) is 6.04 Å². The second-order valence-electron chi connectivity index (χ2n) is 6.27. The highest BCUT2D eigenvalue weighted by Crippen LogP contribution is 2.24. The van der Waals surface area contributed by atoms with Crippen LogP contribution in [0.25, 0.3) is 0 Å². The predicted octanol–water partition coefficient (Wildman–Crippen LogP) is 3.93. The Hall–Kier alpha value is -2.62. The van der Waals surface area contributed by atoms with Crippen molar-refractivity contribution < 1.29 is 14.3 Å². The smallest absolute Gasteiger partial charge is 0.258 e. The number of carbonyl (C=O) groups excluding carboxylic acids is 2. The Kier molecular flexibility index (Phi) is 6.34. The van der Waals surface area contributed by atoms with Crippen LogP contribution in [0.1, 0.15) is 52.5 Å². The minimum atomic E-state index is -0.176. The summed E-state index contributed by atoms with van der Waals surface area (Å²) in [5.41, 5.74) is 4.63. The third-order valence-corrected chi connectivity index (χ3v) is 4.23. The van der Waals surface area contributed by atoms with Crippen molar-refractivity contribution >= 4 is 12.2 Å². The van der Waals surface area contributed by atoms with Gasteiger partial charge >= 0.3 is 0 Å². The fourth-order valence-corrected chi connectivity index (χ4v) is 2.83. The average Bonchev–Trinajstić information content (AvgIpc) is 2.60. The lowest BCUT2D eigenvalue weighted by molar-refractivity contribution is -0.123. The van der Waals surface area contributed by atoms with Gasteiger partial charge in [0.15, 0.2) is 6.61 Å². The van der Waals surface area contributed by atoms with Gasteiger partial charge in [-0.15, -0.1) is 0 Å². The van der Waals surface area contributed by atoms with E-state index in [1.54, 1.807) is 12.1 Å². The number of ether oxygens (including phenoxy) is 1. The summed E-state index contributed by atoms with van der Waals surface area (Å²) in [6.45, 7) is 7.74. The second-order valence-corrected chi connectivity index (χ2v) is 6.27. The number of hydrogen-bond acceptors (Lipinski definition) is 3. The molecule has 0 radical (unpaired) electrons. The lowest BCUT2D eigenvalue weighted by Crippen LogP contribution is -2.31. The molecule has 1 atom stereocenters. The fraction of sp³-hybridized carbons (Fsp3) is 0.333. The zero-order chi connectivity index (χ0) is 18.4. The number of nitrogens with one attached hydrogen (secondary N) is 1. The number of hydrogen-bond donors (Lipinski definition) is 1. The standard InChI is InChI=1S/C21H25NO3/c1-5-17-6-8-19(9-7-17)16(4)22-20(24)13-25-21-14(2)10-18(12-23)11-15(21)3/h6-12,16H,5,13H2,1-4H3,(H,22,24)/t16-/m1/s1. The van der Waals surface area contributed by atoms with Gasteiger partial charge in [-0.3, -0.25) is 9.59 Å². The van der Waals surface area contributed by atoms with Crippen molar-refractivity contribution in [2.24, 2.45) is 0 Å². The quantitative estimate of drug-likeness (QED) is 0.778. The van der Waals surface area contributed by atoms with Crippen molar-refractivity contribution in [3.63, 3.8) is 0 Å². The SMILES string of the molecule is CCc1ccc([C@@H](C)NC(=O)COc2c(C)cc(C=O)cc2C)cc1. The summed E-state index contributed by atoms with van der Waals surface area (Å²) in [6.07, 6.45) is 1.80. The first-order valence-corrected chi connectivity index (χ1v) is 8.52. The molecule has 25 heavy (non-hydrogen) atoms. The Morgan fingerprint density at radius 1 is 1.16 bits per heavy atom. The summed E-state index contributed by atoms with van der Waals surface area (Å²) < 4.78 is 5.67.